The molecule has 1 heterocycles. The van der Waals surface area contributed by atoms with Gasteiger partial charge in [-0.05, 0) is 23.3 Å². The summed E-state index contributed by atoms with van der Waals surface area (Å²) in [5, 5.41) is 0.636. The molecule has 0 radical (unpaired) electrons. The predicted molar refractivity (Wildman–Crippen MR) is 93.5 cm³/mol. The van der Waals surface area contributed by atoms with E-state index >= 15 is 0 Å². The average molecular weight is 425 g/mol. The van der Waals surface area contributed by atoms with Crippen LogP contribution in [0.5, 0.6) is 0 Å². The lowest BCUT2D eigenvalue weighted by molar-refractivity contribution is -0.116. The molecule has 1 N–H and O–H groups in total. The number of aromatic nitrogens is 1. The molecule has 0 aliphatic rings. The summed E-state index contributed by atoms with van der Waals surface area (Å²) in [6, 6.07) is 16.6. The van der Waals surface area contributed by atoms with Gasteiger partial charge in [-0.1, -0.05) is 65.4 Å². The van der Waals surface area contributed by atoms with Gasteiger partial charge in [-0.2, -0.15) is 0 Å². The summed E-state index contributed by atoms with van der Waals surface area (Å²) >= 11 is 6.93. The van der Waals surface area contributed by atoms with Crippen LogP contribution in [0.25, 0.3) is 10.4 Å². The summed E-state index contributed by atoms with van der Waals surface area (Å²) in [7, 11) is 0. The number of benzene rings is 2. The normalized spacial score (nSPS) is 10.0. The summed E-state index contributed by atoms with van der Waals surface area (Å²) in [5.74, 6) is -0.237. The Morgan fingerprint density at radius 1 is 1.08 bits per heavy atom. The van der Waals surface area contributed by atoms with E-state index in [1.165, 1.54) is 4.68 Å². The molecule has 0 bridgehead atoms. The van der Waals surface area contributed by atoms with Gasteiger partial charge in [0.15, 0.2) is 0 Å². The van der Waals surface area contributed by atoms with Crippen molar-refractivity contribution < 1.29 is 21.8 Å². The SMILES string of the molecule is O=C(Cc1ccccc1)Nn1cc(-c2ccc(Cl)cc2)sc1=O.[Br-]. The van der Waals surface area contributed by atoms with Gasteiger partial charge < -0.3 is 17.0 Å². The smallest absolute Gasteiger partial charge is 0.326 e. The molecule has 0 aliphatic heterocycles. The molecular weight excluding hydrogens is 412 g/mol. The molecule has 0 saturated heterocycles. The number of nitrogens with zero attached hydrogens (tertiary/aromatic N) is 1. The van der Waals surface area contributed by atoms with Crippen molar-refractivity contribution in [2.45, 2.75) is 6.42 Å². The number of hydrogen-bond acceptors (Lipinski definition) is 3. The molecule has 0 spiro atoms. The first-order valence-corrected chi connectivity index (χ1v) is 8.13. The van der Waals surface area contributed by atoms with Crippen LogP contribution in [0.3, 0.4) is 0 Å². The molecule has 0 aliphatic carbocycles. The molecule has 1 aromatic heterocycles. The molecule has 1 amide bonds. The Labute approximate surface area is 158 Å². The van der Waals surface area contributed by atoms with Gasteiger partial charge in [0.25, 0.3) is 0 Å². The van der Waals surface area contributed by atoms with Crippen LogP contribution in [0, 0.1) is 0 Å². The van der Waals surface area contributed by atoms with Crippen molar-refractivity contribution in [1.82, 2.24) is 4.68 Å². The van der Waals surface area contributed by atoms with Crippen molar-refractivity contribution in [3.05, 3.63) is 81.0 Å². The van der Waals surface area contributed by atoms with Crippen LogP contribution in [-0.4, -0.2) is 10.6 Å². The van der Waals surface area contributed by atoms with Crippen molar-refractivity contribution in [2.24, 2.45) is 0 Å². The minimum Gasteiger partial charge on any atom is -1.00 e. The third-order valence-electron chi connectivity index (χ3n) is 3.22. The number of hydrogen-bond donors (Lipinski definition) is 1. The predicted octanol–water partition coefficient (Wildman–Crippen LogP) is 0.547. The Morgan fingerprint density at radius 3 is 2.42 bits per heavy atom. The molecular formula is C17H13BrClN2O2S-. The number of carbonyl (C=O) groups is 1. The maximum atomic E-state index is 12.0. The van der Waals surface area contributed by atoms with Gasteiger partial charge in [0, 0.05) is 11.2 Å². The summed E-state index contributed by atoms with van der Waals surface area (Å²) in [4.78, 5) is 24.6. The van der Waals surface area contributed by atoms with Crippen molar-refractivity contribution >= 4 is 28.8 Å². The monoisotopic (exact) mass is 423 g/mol. The molecule has 0 unspecified atom stereocenters. The second kappa shape index (κ2) is 8.28. The lowest BCUT2D eigenvalue weighted by atomic mass is 10.1. The number of nitrogens with one attached hydrogen (secondary N) is 1. The second-order valence-corrected chi connectivity index (χ2v) is 6.37. The Hall–Kier alpha value is -1.89. The first kappa shape index (κ1) is 18.4. The fraction of sp³-hybridized carbons (Fsp3) is 0.0588. The number of amides is 1. The Balaban J connectivity index is 0.00000208. The van der Waals surface area contributed by atoms with Crippen LogP contribution in [0.2, 0.25) is 5.02 Å². The first-order valence-electron chi connectivity index (χ1n) is 6.94. The Morgan fingerprint density at radius 2 is 1.75 bits per heavy atom. The highest BCUT2D eigenvalue weighted by Gasteiger charge is 2.09. The number of halogens is 2. The van der Waals surface area contributed by atoms with Crippen LogP contribution in [0.1, 0.15) is 5.56 Å². The quantitative estimate of drug-likeness (QED) is 0.665. The van der Waals surface area contributed by atoms with Crippen LogP contribution in [0.4, 0.5) is 0 Å². The van der Waals surface area contributed by atoms with Crippen LogP contribution >= 0.6 is 22.9 Å². The van der Waals surface area contributed by atoms with Crippen molar-refractivity contribution in [3.63, 3.8) is 0 Å². The molecule has 0 atom stereocenters. The van der Waals surface area contributed by atoms with E-state index in [4.69, 9.17) is 11.6 Å². The van der Waals surface area contributed by atoms with Gasteiger partial charge in [0.2, 0.25) is 5.91 Å². The average Bonchev–Trinajstić information content (AvgIpc) is 2.90. The fourth-order valence-corrected chi connectivity index (χ4v) is 3.04. The molecule has 124 valence electrons. The summed E-state index contributed by atoms with van der Waals surface area (Å²) in [6.45, 7) is 0. The lowest BCUT2D eigenvalue weighted by Gasteiger charge is -2.04. The first-order chi connectivity index (χ1) is 11.1. The maximum Gasteiger partial charge on any atom is 0.326 e. The van der Waals surface area contributed by atoms with Crippen molar-refractivity contribution in [1.29, 1.82) is 0 Å². The van der Waals surface area contributed by atoms with E-state index in [2.05, 4.69) is 5.43 Å². The zero-order chi connectivity index (χ0) is 16.2. The highest BCUT2D eigenvalue weighted by molar-refractivity contribution is 7.12. The molecule has 4 nitrogen and oxygen atoms in total. The molecule has 24 heavy (non-hydrogen) atoms. The van der Waals surface area contributed by atoms with E-state index in [-0.39, 0.29) is 34.2 Å². The lowest BCUT2D eigenvalue weighted by Crippen LogP contribution is -3.00. The van der Waals surface area contributed by atoms with Crippen molar-refractivity contribution in [2.75, 3.05) is 5.43 Å². The van der Waals surface area contributed by atoms with Gasteiger partial charge in [-0.3, -0.25) is 15.0 Å². The summed E-state index contributed by atoms with van der Waals surface area (Å²) in [5.41, 5.74) is 4.39. The van der Waals surface area contributed by atoms with Crippen LogP contribution in [0.15, 0.2) is 65.6 Å². The summed E-state index contributed by atoms with van der Waals surface area (Å²) < 4.78 is 1.22. The summed E-state index contributed by atoms with van der Waals surface area (Å²) in [6.07, 6.45) is 1.85. The third-order valence-corrected chi connectivity index (χ3v) is 4.41. The van der Waals surface area contributed by atoms with E-state index in [0.29, 0.717) is 5.02 Å². The zero-order valence-corrected chi connectivity index (χ0v) is 15.6. The number of rotatable bonds is 4. The van der Waals surface area contributed by atoms with E-state index in [0.717, 1.165) is 27.3 Å². The standard InChI is InChI=1S/C17H13ClN2O2S.BrH/c18-14-8-6-13(7-9-14)15-11-20(17(22)23-15)19-16(21)10-12-4-2-1-3-5-12;/h1-9,11H,10H2,(H,19,21);1H/p-1. The molecule has 7 heteroatoms. The van der Waals surface area contributed by atoms with Gasteiger partial charge in [0.1, 0.15) is 0 Å². The van der Waals surface area contributed by atoms with E-state index in [1.807, 2.05) is 42.5 Å². The number of thiazole rings is 1. The van der Waals surface area contributed by atoms with Crippen LogP contribution in [-0.2, 0) is 11.2 Å². The highest BCUT2D eigenvalue weighted by Crippen LogP contribution is 2.23. The van der Waals surface area contributed by atoms with E-state index in [9.17, 15) is 9.59 Å². The Kier molecular flexibility index (Phi) is 6.36. The van der Waals surface area contributed by atoms with Gasteiger partial charge in [-0.25, -0.2) is 4.68 Å². The Bertz CT molecular complexity index is 876. The van der Waals surface area contributed by atoms with Crippen molar-refractivity contribution in [3.8, 4) is 10.4 Å². The number of carbonyl (C=O) groups excluding carboxylic acids is 1. The minimum absolute atomic E-state index is 0. The zero-order valence-electron chi connectivity index (χ0n) is 12.4. The minimum atomic E-state index is -0.239. The van der Waals surface area contributed by atoms with E-state index < -0.39 is 0 Å². The molecule has 0 fully saturated rings. The largest absolute Gasteiger partial charge is 1.00 e. The van der Waals surface area contributed by atoms with Gasteiger partial charge in [0.05, 0.1) is 11.3 Å². The topological polar surface area (TPSA) is 51.1 Å². The fourth-order valence-electron chi connectivity index (χ4n) is 2.12. The molecule has 3 rings (SSSR count). The van der Waals surface area contributed by atoms with Crippen LogP contribution < -0.4 is 27.3 Å². The highest BCUT2D eigenvalue weighted by atomic mass is 79.9. The van der Waals surface area contributed by atoms with Gasteiger partial charge in [-0.15, -0.1) is 0 Å². The molecule has 2 aromatic carbocycles. The van der Waals surface area contributed by atoms with E-state index in [1.54, 1.807) is 18.3 Å². The molecule has 3 aromatic rings. The third kappa shape index (κ3) is 4.56. The molecule has 0 saturated carbocycles. The second-order valence-electron chi connectivity index (χ2n) is 4.94. The maximum absolute atomic E-state index is 12.0. The van der Waals surface area contributed by atoms with Gasteiger partial charge >= 0.3 is 4.87 Å².